The van der Waals surface area contributed by atoms with Crippen LogP contribution in [0.5, 0.6) is 0 Å². The molecule has 0 amide bonds. The summed E-state index contributed by atoms with van der Waals surface area (Å²) in [6, 6.07) is 12.8. The van der Waals surface area contributed by atoms with Gasteiger partial charge in [-0.25, -0.2) is 4.52 Å². The summed E-state index contributed by atoms with van der Waals surface area (Å²) in [5, 5.41) is 8.01. The van der Waals surface area contributed by atoms with Gasteiger partial charge in [0.1, 0.15) is 0 Å². The normalized spacial score (nSPS) is 14.1. The molecule has 1 aliphatic rings. The highest BCUT2D eigenvalue weighted by molar-refractivity contribution is 5.59. The van der Waals surface area contributed by atoms with E-state index in [1.165, 1.54) is 53.6 Å². The van der Waals surface area contributed by atoms with E-state index in [9.17, 15) is 0 Å². The zero-order valence-electron chi connectivity index (χ0n) is 12.0. The standard InChI is InChI=1S/C18H19N3/c1-2-8-16-14(6-1)7-5-9-17(16)19-12-15-13-20-21-11-4-3-10-18(15)21/h3-5,7,9-11,13,19H,1-2,6,8,12H2. The quantitative estimate of drug-likeness (QED) is 0.788. The van der Waals surface area contributed by atoms with E-state index >= 15 is 0 Å². The number of aromatic nitrogens is 2. The number of rotatable bonds is 3. The maximum atomic E-state index is 4.40. The number of benzene rings is 1. The molecule has 21 heavy (non-hydrogen) atoms. The van der Waals surface area contributed by atoms with Gasteiger partial charge in [-0.1, -0.05) is 18.2 Å². The van der Waals surface area contributed by atoms with Crippen LogP contribution in [-0.4, -0.2) is 9.61 Å². The second-order valence-electron chi connectivity index (χ2n) is 5.70. The van der Waals surface area contributed by atoms with Gasteiger partial charge in [0.15, 0.2) is 0 Å². The molecule has 0 radical (unpaired) electrons. The number of hydrogen-bond donors (Lipinski definition) is 1. The van der Waals surface area contributed by atoms with E-state index in [4.69, 9.17) is 0 Å². The molecule has 4 rings (SSSR count). The van der Waals surface area contributed by atoms with Crippen LogP contribution in [-0.2, 0) is 19.4 Å². The number of nitrogens with one attached hydrogen (secondary N) is 1. The van der Waals surface area contributed by atoms with E-state index < -0.39 is 0 Å². The lowest BCUT2D eigenvalue weighted by Gasteiger charge is -2.20. The fourth-order valence-corrected chi connectivity index (χ4v) is 3.26. The first-order valence-corrected chi connectivity index (χ1v) is 7.68. The second kappa shape index (κ2) is 5.24. The van der Waals surface area contributed by atoms with Crippen LogP contribution >= 0.6 is 0 Å². The van der Waals surface area contributed by atoms with Crippen molar-refractivity contribution >= 4 is 11.2 Å². The zero-order valence-corrected chi connectivity index (χ0v) is 12.0. The summed E-state index contributed by atoms with van der Waals surface area (Å²) in [6.07, 6.45) is 9.00. The number of nitrogens with zero attached hydrogens (tertiary/aromatic N) is 2. The first-order chi connectivity index (χ1) is 10.4. The Morgan fingerprint density at radius 2 is 2.00 bits per heavy atom. The van der Waals surface area contributed by atoms with Crippen LogP contribution in [0.25, 0.3) is 5.52 Å². The van der Waals surface area contributed by atoms with Crippen molar-refractivity contribution in [2.75, 3.05) is 5.32 Å². The molecule has 2 heterocycles. The van der Waals surface area contributed by atoms with Crippen molar-refractivity contribution < 1.29 is 0 Å². The summed E-state index contributed by atoms with van der Waals surface area (Å²) in [4.78, 5) is 0. The van der Waals surface area contributed by atoms with Crippen molar-refractivity contribution in [2.45, 2.75) is 32.2 Å². The molecule has 1 N–H and O–H groups in total. The average Bonchev–Trinajstić information content (AvgIpc) is 2.96. The lowest BCUT2D eigenvalue weighted by molar-refractivity contribution is 0.686. The topological polar surface area (TPSA) is 29.3 Å². The SMILES string of the molecule is c1cc2c(c(NCc3cnn4ccccc34)c1)CCCC2. The number of aryl methyl sites for hydroxylation is 1. The molecule has 0 saturated carbocycles. The largest absolute Gasteiger partial charge is 0.381 e. The molecule has 3 heteroatoms. The summed E-state index contributed by atoms with van der Waals surface area (Å²) in [5.41, 5.74) is 6.74. The van der Waals surface area contributed by atoms with Crippen molar-refractivity contribution in [1.82, 2.24) is 9.61 Å². The van der Waals surface area contributed by atoms with Crippen LogP contribution in [0.15, 0.2) is 48.8 Å². The Bertz CT molecular complexity index is 773. The highest BCUT2D eigenvalue weighted by Crippen LogP contribution is 2.28. The summed E-state index contributed by atoms with van der Waals surface area (Å²) >= 11 is 0. The van der Waals surface area contributed by atoms with Crippen molar-refractivity contribution in [2.24, 2.45) is 0 Å². The van der Waals surface area contributed by atoms with E-state index in [1.807, 2.05) is 23.0 Å². The van der Waals surface area contributed by atoms with Gasteiger partial charge in [0.05, 0.1) is 11.7 Å². The molecule has 1 aliphatic carbocycles. The van der Waals surface area contributed by atoms with E-state index in [-0.39, 0.29) is 0 Å². The predicted octanol–water partition coefficient (Wildman–Crippen LogP) is 3.83. The van der Waals surface area contributed by atoms with Gasteiger partial charge in [0.25, 0.3) is 0 Å². The highest BCUT2D eigenvalue weighted by Gasteiger charge is 2.13. The smallest absolute Gasteiger partial charge is 0.0711 e. The molecule has 0 saturated heterocycles. The third-order valence-corrected chi connectivity index (χ3v) is 4.37. The summed E-state index contributed by atoms with van der Waals surface area (Å²) in [7, 11) is 0. The van der Waals surface area contributed by atoms with Crippen molar-refractivity contribution in [3.8, 4) is 0 Å². The molecule has 106 valence electrons. The maximum Gasteiger partial charge on any atom is 0.0711 e. The van der Waals surface area contributed by atoms with Gasteiger partial charge < -0.3 is 5.32 Å². The fraction of sp³-hybridized carbons (Fsp3) is 0.278. The summed E-state index contributed by atoms with van der Waals surface area (Å²) < 4.78 is 1.93. The molecule has 3 nitrogen and oxygen atoms in total. The van der Waals surface area contributed by atoms with Crippen LogP contribution in [0.4, 0.5) is 5.69 Å². The van der Waals surface area contributed by atoms with E-state index in [0.29, 0.717) is 0 Å². The van der Waals surface area contributed by atoms with Crippen molar-refractivity contribution in [3.63, 3.8) is 0 Å². The molecule has 0 spiro atoms. The monoisotopic (exact) mass is 277 g/mol. The van der Waals surface area contributed by atoms with Gasteiger partial charge in [-0.05, 0) is 55.0 Å². The maximum absolute atomic E-state index is 4.40. The Hall–Kier alpha value is -2.29. The van der Waals surface area contributed by atoms with Gasteiger partial charge in [0, 0.05) is 24.0 Å². The third kappa shape index (κ3) is 2.29. The first kappa shape index (κ1) is 12.5. The minimum absolute atomic E-state index is 0.823. The van der Waals surface area contributed by atoms with Gasteiger partial charge in [0.2, 0.25) is 0 Å². The summed E-state index contributed by atoms with van der Waals surface area (Å²) in [6.45, 7) is 0.823. The molecule has 3 aromatic rings. The predicted molar refractivity (Wildman–Crippen MR) is 85.6 cm³/mol. The lowest BCUT2D eigenvalue weighted by Crippen LogP contribution is -2.08. The van der Waals surface area contributed by atoms with Crippen LogP contribution in [0, 0.1) is 0 Å². The Morgan fingerprint density at radius 1 is 1.05 bits per heavy atom. The van der Waals surface area contributed by atoms with Crippen LogP contribution < -0.4 is 5.32 Å². The van der Waals surface area contributed by atoms with Gasteiger partial charge in [-0.15, -0.1) is 0 Å². The first-order valence-electron chi connectivity index (χ1n) is 7.68. The fourth-order valence-electron chi connectivity index (χ4n) is 3.26. The Balaban J connectivity index is 1.60. The van der Waals surface area contributed by atoms with Crippen molar-refractivity contribution in [3.05, 3.63) is 65.5 Å². The van der Waals surface area contributed by atoms with E-state index in [0.717, 1.165) is 6.54 Å². The molecule has 0 aliphatic heterocycles. The van der Waals surface area contributed by atoms with Gasteiger partial charge in [-0.2, -0.15) is 5.10 Å². The van der Waals surface area contributed by atoms with E-state index in [1.54, 1.807) is 0 Å². The molecule has 2 aromatic heterocycles. The minimum Gasteiger partial charge on any atom is -0.381 e. The Labute approximate surface area is 124 Å². The number of fused-ring (bicyclic) bond motifs is 2. The number of anilines is 1. The molecule has 1 aromatic carbocycles. The van der Waals surface area contributed by atoms with Gasteiger partial charge in [-0.3, -0.25) is 0 Å². The second-order valence-corrected chi connectivity index (χ2v) is 5.70. The molecule has 0 bridgehead atoms. The van der Waals surface area contributed by atoms with Gasteiger partial charge >= 0.3 is 0 Å². The molecular weight excluding hydrogens is 258 g/mol. The number of pyridine rings is 1. The van der Waals surface area contributed by atoms with Crippen LogP contribution in [0.3, 0.4) is 0 Å². The summed E-state index contributed by atoms with van der Waals surface area (Å²) in [5.74, 6) is 0. The number of hydrogen-bond acceptors (Lipinski definition) is 2. The van der Waals surface area contributed by atoms with Crippen molar-refractivity contribution in [1.29, 1.82) is 0 Å². The minimum atomic E-state index is 0.823. The third-order valence-electron chi connectivity index (χ3n) is 4.37. The zero-order chi connectivity index (χ0) is 14.1. The van der Waals surface area contributed by atoms with Crippen LogP contribution in [0.2, 0.25) is 0 Å². The molecule has 0 atom stereocenters. The van der Waals surface area contributed by atoms with Crippen LogP contribution in [0.1, 0.15) is 29.5 Å². The Kier molecular flexibility index (Phi) is 3.11. The Morgan fingerprint density at radius 3 is 3.00 bits per heavy atom. The highest BCUT2D eigenvalue weighted by atomic mass is 15.2. The molecule has 0 unspecified atom stereocenters. The molecular formula is C18H19N3. The van der Waals surface area contributed by atoms with E-state index in [2.05, 4.69) is 40.7 Å². The molecule has 0 fully saturated rings. The lowest BCUT2D eigenvalue weighted by atomic mass is 9.90. The average molecular weight is 277 g/mol.